The van der Waals surface area contributed by atoms with E-state index in [9.17, 15) is 10.1 Å². The van der Waals surface area contributed by atoms with Gasteiger partial charge in [0.1, 0.15) is 0 Å². The monoisotopic (exact) mass is 284 g/mol. The van der Waals surface area contributed by atoms with Crippen molar-refractivity contribution >= 4 is 23.0 Å². The van der Waals surface area contributed by atoms with Gasteiger partial charge >= 0.3 is 0 Å². The first kappa shape index (κ1) is 14.1. The van der Waals surface area contributed by atoms with Crippen LogP contribution in [0.25, 0.3) is 0 Å². The molecule has 0 amide bonds. The van der Waals surface area contributed by atoms with Crippen molar-refractivity contribution in [3.63, 3.8) is 0 Å². The number of nitro benzene ring substituents is 1. The van der Waals surface area contributed by atoms with E-state index in [4.69, 9.17) is 16.3 Å². The maximum absolute atomic E-state index is 10.9. The molecule has 6 heteroatoms. The average molecular weight is 285 g/mol. The Balaban J connectivity index is 2.24. The molecule has 1 fully saturated rings. The van der Waals surface area contributed by atoms with Gasteiger partial charge in [-0.2, -0.15) is 0 Å². The Morgan fingerprint density at radius 1 is 1.53 bits per heavy atom. The first-order valence-corrected chi connectivity index (χ1v) is 6.79. The molecule has 0 heterocycles. The second-order valence-corrected chi connectivity index (χ2v) is 4.89. The third-order valence-corrected chi connectivity index (χ3v) is 3.55. The highest BCUT2D eigenvalue weighted by Gasteiger charge is 2.29. The topological polar surface area (TPSA) is 55.6 Å². The van der Waals surface area contributed by atoms with Crippen molar-refractivity contribution in [3.8, 4) is 0 Å². The molecule has 104 valence electrons. The molecule has 0 spiro atoms. The minimum Gasteiger partial charge on any atom is -0.383 e. The van der Waals surface area contributed by atoms with Gasteiger partial charge in [-0.15, -0.1) is 11.6 Å². The van der Waals surface area contributed by atoms with Gasteiger partial charge in [0.25, 0.3) is 5.69 Å². The Hall–Kier alpha value is -1.33. The first-order valence-electron chi connectivity index (χ1n) is 6.26. The number of anilines is 1. The van der Waals surface area contributed by atoms with Crippen LogP contribution in [0, 0.1) is 10.1 Å². The van der Waals surface area contributed by atoms with Crippen LogP contribution in [0.15, 0.2) is 18.2 Å². The lowest BCUT2D eigenvalue weighted by Gasteiger charge is -2.24. The van der Waals surface area contributed by atoms with Gasteiger partial charge in [-0.05, 0) is 25.0 Å². The summed E-state index contributed by atoms with van der Waals surface area (Å²) in [5.41, 5.74) is 1.63. The molecule has 0 atom stereocenters. The van der Waals surface area contributed by atoms with Crippen LogP contribution in [0.3, 0.4) is 0 Å². The summed E-state index contributed by atoms with van der Waals surface area (Å²) in [6, 6.07) is 5.68. The van der Waals surface area contributed by atoms with Crippen LogP contribution >= 0.6 is 11.6 Å². The second-order valence-electron chi connectivity index (χ2n) is 4.62. The fourth-order valence-electron chi connectivity index (χ4n) is 2.13. The molecule has 0 aromatic heterocycles. The predicted octanol–water partition coefficient (Wildman–Crippen LogP) is 2.95. The molecule has 0 aliphatic heterocycles. The molecule has 0 unspecified atom stereocenters. The third-order valence-electron chi connectivity index (χ3n) is 3.26. The maximum atomic E-state index is 10.9. The van der Waals surface area contributed by atoms with E-state index in [0.29, 0.717) is 18.2 Å². The molecule has 1 aliphatic carbocycles. The van der Waals surface area contributed by atoms with Crippen LogP contribution in [0.4, 0.5) is 11.4 Å². The fraction of sp³-hybridized carbons (Fsp3) is 0.538. The molecule has 2 rings (SSSR count). The molecule has 1 saturated carbocycles. The summed E-state index contributed by atoms with van der Waals surface area (Å²) in [4.78, 5) is 12.7. The fourth-order valence-corrected chi connectivity index (χ4v) is 2.35. The van der Waals surface area contributed by atoms with Crippen molar-refractivity contribution < 1.29 is 9.66 Å². The van der Waals surface area contributed by atoms with Crippen LogP contribution in [0.5, 0.6) is 0 Å². The van der Waals surface area contributed by atoms with Crippen molar-refractivity contribution in [3.05, 3.63) is 33.9 Å². The van der Waals surface area contributed by atoms with Crippen LogP contribution in [-0.4, -0.2) is 31.2 Å². The molecular formula is C13H17ClN2O3. The van der Waals surface area contributed by atoms with Gasteiger partial charge in [-0.1, -0.05) is 0 Å². The summed E-state index contributed by atoms with van der Waals surface area (Å²) in [7, 11) is 1.67. The van der Waals surface area contributed by atoms with Crippen molar-refractivity contribution in [1.82, 2.24) is 0 Å². The quantitative estimate of drug-likeness (QED) is 0.439. The lowest BCUT2D eigenvalue weighted by molar-refractivity contribution is -0.385. The smallest absolute Gasteiger partial charge is 0.273 e. The number of alkyl halides is 1. The Morgan fingerprint density at radius 3 is 2.79 bits per heavy atom. The molecule has 0 N–H and O–H groups in total. The number of nitrogens with zero attached hydrogens (tertiary/aromatic N) is 2. The average Bonchev–Trinajstić information content (AvgIpc) is 3.23. The van der Waals surface area contributed by atoms with E-state index < -0.39 is 4.92 Å². The highest BCUT2D eigenvalue weighted by molar-refractivity contribution is 6.17. The van der Waals surface area contributed by atoms with Crippen molar-refractivity contribution in [1.29, 1.82) is 0 Å². The molecule has 0 saturated heterocycles. The van der Waals surface area contributed by atoms with Gasteiger partial charge in [0.15, 0.2) is 0 Å². The summed E-state index contributed by atoms with van der Waals surface area (Å²) >= 11 is 5.80. The van der Waals surface area contributed by atoms with E-state index in [0.717, 1.165) is 25.1 Å². The number of hydrogen-bond acceptors (Lipinski definition) is 4. The van der Waals surface area contributed by atoms with Crippen LogP contribution < -0.4 is 4.90 Å². The van der Waals surface area contributed by atoms with Crippen LogP contribution in [0.1, 0.15) is 18.4 Å². The SMILES string of the molecule is COCCN(c1ccc([N+](=O)[O-])c(CCl)c1)C1CC1. The number of methoxy groups -OCH3 is 1. The normalized spacial score (nSPS) is 14.4. The minimum absolute atomic E-state index is 0.0845. The summed E-state index contributed by atoms with van der Waals surface area (Å²) in [5.74, 6) is 0.146. The second kappa shape index (κ2) is 6.21. The van der Waals surface area contributed by atoms with Gasteiger partial charge in [0.05, 0.1) is 17.4 Å². The molecule has 1 aromatic carbocycles. The Morgan fingerprint density at radius 2 is 2.26 bits per heavy atom. The van der Waals surface area contributed by atoms with Gasteiger partial charge < -0.3 is 9.64 Å². The number of nitro groups is 1. The zero-order valence-electron chi connectivity index (χ0n) is 10.8. The number of rotatable bonds is 7. The highest BCUT2D eigenvalue weighted by atomic mass is 35.5. The zero-order chi connectivity index (χ0) is 13.8. The molecule has 0 radical (unpaired) electrons. The van der Waals surface area contributed by atoms with E-state index in [-0.39, 0.29) is 11.6 Å². The third kappa shape index (κ3) is 3.36. The van der Waals surface area contributed by atoms with Gasteiger partial charge in [0, 0.05) is 37.0 Å². The number of hydrogen-bond donors (Lipinski definition) is 0. The summed E-state index contributed by atoms with van der Waals surface area (Å²) in [6.07, 6.45) is 2.33. The van der Waals surface area contributed by atoms with E-state index >= 15 is 0 Å². The molecule has 0 bridgehead atoms. The number of benzene rings is 1. The summed E-state index contributed by atoms with van der Waals surface area (Å²) < 4.78 is 5.11. The van der Waals surface area contributed by atoms with E-state index in [1.807, 2.05) is 6.07 Å². The molecule has 1 aliphatic rings. The number of ether oxygens (including phenoxy) is 1. The van der Waals surface area contributed by atoms with Crippen molar-refractivity contribution in [2.45, 2.75) is 24.8 Å². The van der Waals surface area contributed by atoms with Gasteiger partial charge in [0.2, 0.25) is 0 Å². The van der Waals surface area contributed by atoms with Gasteiger partial charge in [-0.3, -0.25) is 10.1 Å². The van der Waals surface area contributed by atoms with E-state index in [1.54, 1.807) is 13.2 Å². The maximum Gasteiger partial charge on any atom is 0.273 e. The minimum atomic E-state index is -0.391. The van der Waals surface area contributed by atoms with Crippen molar-refractivity contribution in [2.24, 2.45) is 0 Å². The lowest BCUT2D eigenvalue weighted by atomic mass is 10.1. The van der Waals surface area contributed by atoms with Crippen LogP contribution in [-0.2, 0) is 10.6 Å². The van der Waals surface area contributed by atoms with E-state index in [1.165, 1.54) is 6.07 Å². The summed E-state index contributed by atoms with van der Waals surface area (Å²) in [6.45, 7) is 1.43. The largest absolute Gasteiger partial charge is 0.383 e. The molecule has 19 heavy (non-hydrogen) atoms. The zero-order valence-corrected chi connectivity index (χ0v) is 11.6. The number of halogens is 1. The Bertz CT molecular complexity index is 463. The molecule has 5 nitrogen and oxygen atoms in total. The van der Waals surface area contributed by atoms with E-state index in [2.05, 4.69) is 4.90 Å². The molecule has 1 aromatic rings. The standard InChI is InChI=1S/C13H17ClN2O3/c1-19-7-6-15(11-2-3-11)12-4-5-13(16(17)18)10(8-12)9-14/h4-5,8,11H,2-3,6-7,9H2,1H3. The Labute approximate surface area is 117 Å². The highest BCUT2D eigenvalue weighted by Crippen LogP contribution is 2.34. The predicted molar refractivity (Wildman–Crippen MR) is 74.9 cm³/mol. The summed E-state index contributed by atoms with van der Waals surface area (Å²) in [5, 5.41) is 10.9. The van der Waals surface area contributed by atoms with Crippen molar-refractivity contribution in [2.75, 3.05) is 25.2 Å². The lowest BCUT2D eigenvalue weighted by Crippen LogP contribution is -2.29. The Kier molecular flexibility index (Phi) is 4.61. The van der Waals surface area contributed by atoms with Gasteiger partial charge in [-0.25, -0.2) is 0 Å². The van der Waals surface area contributed by atoms with Crippen LogP contribution in [0.2, 0.25) is 0 Å². The first-order chi connectivity index (χ1) is 9.17. The molecular weight excluding hydrogens is 268 g/mol.